The van der Waals surface area contributed by atoms with Crippen LogP contribution < -0.4 is 16.0 Å². The third-order valence-corrected chi connectivity index (χ3v) is 5.75. The first-order valence-electron chi connectivity index (χ1n) is 10.8. The number of nitrogens with zero attached hydrogens (tertiary/aromatic N) is 3. The molecule has 170 valence electrons. The highest BCUT2D eigenvalue weighted by Crippen LogP contribution is 2.22. The highest BCUT2D eigenvalue weighted by molar-refractivity contribution is 5.95. The lowest BCUT2D eigenvalue weighted by Gasteiger charge is -2.28. The number of pyridine rings is 2. The Kier molecular flexibility index (Phi) is 6.38. The molecular weight excluding hydrogens is 411 g/mol. The van der Waals surface area contributed by atoms with Gasteiger partial charge in [0.15, 0.2) is 0 Å². The number of amides is 1. The molecule has 0 spiro atoms. The third kappa shape index (κ3) is 4.89. The molecule has 1 amide bonds. The average Bonchev–Trinajstić information content (AvgIpc) is 3.22. The molecule has 8 nitrogen and oxygen atoms in total. The molecule has 0 aliphatic carbocycles. The molecule has 32 heavy (non-hydrogen) atoms. The summed E-state index contributed by atoms with van der Waals surface area (Å²) in [7, 11) is 1.62. The van der Waals surface area contributed by atoms with Crippen LogP contribution in [0.25, 0.3) is 17.0 Å². The van der Waals surface area contributed by atoms with Crippen LogP contribution in [0.3, 0.4) is 0 Å². The number of piperidine rings is 1. The van der Waals surface area contributed by atoms with E-state index in [2.05, 4.69) is 25.9 Å². The molecule has 9 heteroatoms. The van der Waals surface area contributed by atoms with Gasteiger partial charge in [0.05, 0.1) is 29.2 Å². The molecule has 1 aliphatic rings. The number of anilines is 1. The van der Waals surface area contributed by atoms with Gasteiger partial charge in [0.2, 0.25) is 0 Å². The van der Waals surface area contributed by atoms with Crippen molar-refractivity contribution in [2.45, 2.75) is 38.1 Å². The lowest BCUT2D eigenvalue weighted by atomic mass is 10.1. The third-order valence-electron chi connectivity index (χ3n) is 5.75. The zero-order valence-electron chi connectivity index (χ0n) is 18.6. The summed E-state index contributed by atoms with van der Waals surface area (Å²) in [4.78, 5) is 21.6. The van der Waals surface area contributed by atoms with Gasteiger partial charge in [0.25, 0.3) is 5.91 Å². The Balaban J connectivity index is 1.52. The van der Waals surface area contributed by atoms with Crippen LogP contribution in [0.2, 0.25) is 0 Å². The smallest absolute Gasteiger partial charge is 0.251 e. The molecule has 0 saturated carbocycles. The summed E-state index contributed by atoms with van der Waals surface area (Å²) in [6.07, 6.45) is 3.11. The summed E-state index contributed by atoms with van der Waals surface area (Å²) in [6, 6.07) is 8.77. The summed E-state index contributed by atoms with van der Waals surface area (Å²) >= 11 is 0. The van der Waals surface area contributed by atoms with Gasteiger partial charge in [-0.05, 0) is 51.1 Å². The van der Waals surface area contributed by atoms with E-state index in [0.29, 0.717) is 48.8 Å². The van der Waals surface area contributed by atoms with Gasteiger partial charge in [-0.25, -0.2) is 14.4 Å². The lowest BCUT2D eigenvalue weighted by molar-refractivity contribution is 0.0229. The van der Waals surface area contributed by atoms with Crippen LogP contribution in [-0.2, 0) is 4.74 Å². The first-order chi connectivity index (χ1) is 15.4. The van der Waals surface area contributed by atoms with Crippen molar-refractivity contribution in [1.82, 2.24) is 25.0 Å². The number of rotatable bonds is 7. The van der Waals surface area contributed by atoms with E-state index < -0.39 is 11.8 Å². The molecule has 1 fully saturated rings. The van der Waals surface area contributed by atoms with Gasteiger partial charge in [0, 0.05) is 32.0 Å². The van der Waals surface area contributed by atoms with Gasteiger partial charge >= 0.3 is 0 Å². The number of nitrogens with one attached hydrogen (secondary N) is 3. The predicted molar refractivity (Wildman–Crippen MR) is 122 cm³/mol. The minimum absolute atomic E-state index is 0.187. The second kappa shape index (κ2) is 9.22. The van der Waals surface area contributed by atoms with E-state index in [4.69, 9.17) is 4.74 Å². The number of halogens is 1. The molecule has 0 radical (unpaired) electrons. The first-order valence-corrected chi connectivity index (χ1v) is 10.8. The number of hydrogen-bond donors (Lipinski definition) is 3. The van der Waals surface area contributed by atoms with Crippen LogP contribution in [0.1, 0.15) is 30.6 Å². The van der Waals surface area contributed by atoms with Crippen LogP contribution in [0.5, 0.6) is 0 Å². The Labute approximate surface area is 186 Å². The molecule has 3 N–H and O–H groups in total. The molecule has 1 aliphatic heterocycles. The predicted octanol–water partition coefficient (Wildman–Crippen LogP) is 2.66. The number of hydrogen-bond acceptors (Lipinski definition) is 6. The van der Waals surface area contributed by atoms with Crippen LogP contribution in [0.4, 0.5) is 10.2 Å². The number of alkyl halides is 1. The highest BCUT2D eigenvalue weighted by Gasteiger charge is 2.24. The van der Waals surface area contributed by atoms with Gasteiger partial charge in [-0.2, -0.15) is 0 Å². The van der Waals surface area contributed by atoms with Crippen molar-refractivity contribution in [3.05, 3.63) is 48.3 Å². The Morgan fingerprint density at radius 3 is 3.00 bits per heavy atom. The standard InChI is InChI=1S/C23H29FN6O2/c1-23(2,32-3)14-27-22(31)15-8-10-30-19(13-26-21(30)11-15)17-5-4-6-20(28-17)29-18-12-25-9-7-16(18)24/h4-6,8,10-11,13,16,18,25H,7,9,12,14H2,1-3H3,(H,27,31)(H,28,29)/t16-,18-/m0/s1. The number of methoxy groups -OCH3 is 1. The summed E-state index contributed by atoms with van der Waals surface area (Å²) in [5.41, 5.74) is 2.21. The maximum atomic E-state index is 14.2. The summed E-state index contributed by atoms with van der Waals surface area (Å²) in [6.45, 7) is 5.47. The van der Waals surface area contributed by atoms with E-state index in [-0.39, 0.29) is 11.9 Å². The minimum Gasteiger partial charge on any atom is -0.377 e. The molecule has 4 heterocycles. The maximum Gasteiger partial charge on any atom is 0.251 e. The van der Waals surface area contributed by atoms with Gasteiger partial charge < -0.3 is 20.7 Å². The molecule has 2 atom stereocenters. The highest BCUT2D eigenvalue weighted by atomic mass is 19.1. The van der Waals surface area contributed by atoms with Crippen molar-refractivity contribution in [3.63, 3.8) is 0 Å². The summed E-state index contributed by atoms with van der Waals surface area (Å²) in [5, 5.41) is 9.28. The molecule has 4 rings (SSSR count). The number of fused-ring (bicyclic) bond motifs is 1. The van der Waals surface area contributed by atoms with Crippen LogP contribution >= 0.6 is 0 Å². The normalized spacial score (nSPS) is 19.1. The number of ether oxygens (including phenoxy) is 1. The zero-order chi connectivity index (χ0) is 22.7. The SMILES string of the molecule is COC(C)(C)CNC(=O)c1ccn2c(-c3cccc(N[C@H]4CNCC[C@@H]4F)n3)cnc2c1. The fourth-order valence-corrected chi connectivity index (χ4v) is 3.59. The molecule has 3 aromatic heterocycles. The topological polar surface area (TPSA) is 92.6 Å². The monoisotopic (exact) mass is 440 g/mol. The quantitative estimate of drug-likeness (QED) is 0.523. The number of carbonyl (C=O) groups excluding carboxylic acids is 1. The van der Waals surface area contributed by atoms with E-state index in [1.54, 1.807) is 31.6 Å². The Bertz CT molecular complexity index is 1100. The van der Waals surface area contributed by atoms with Gasteiger partial charge in [-0.15, -0.1) is 0 Å². The minimum atomic E-state index is -0.906. The fraction of sp³-hybridized carbons (Fsp3) is 0.435. The van der Waals surface area contributed by atoms with Crippen molar-refractivity contribution in [2.24, 2.45) is 0 Å². The van der Waals surface area contributed by atoms with Crippen LogP contribution in [0.15, 0.2) is 42.7 Å². The molecule has 0 bridgehead atoms. The van der Waals surface area contributed by atoms with Gasteiger partial charge in [-0.3, -0.25) is 9.20 Å². The number of imidazole rings is 1. The van der Waals surface area contributed by atoms with Crippen LogP contribution in [0, 0.1) is 0 Å². The maximum absolute atomic E-state index is 14.2. The Hall–Kier alpha value is -3.04. The average molecular weight is 441 g/mol. The van der Waals surface area contributed by atoms with E-state index in [1.165, 1.54) is 0 Å². The summed E-state index contributed by atoms with van der Waals surface area (Å²) < 4.78 is 21.4. The number of aromatic nitrogens is 3. The molecule has 0 aromatic carbocycles. The van der Waals surface area contributed by atoms with Crippen molar-refractivity contribution < 1.29 is 13.9 Å². The molecule has 1 saturated heterocycles. The van der Waals surface area contributed by atoms with E-state index in [0.717, 1.165) is 5.69 Å². The second-order valence-corrected chi connectivity index (χ2v) is 8.60. The first kappa shape index (κ1) is 22.2. The molecular formula is C23H29FN6O2. The van der Waals surface area contributed by atoms with Crippen molar-refractivity contribution >= 4 is 17.4 Å². The summed E-state index contributed by atoms with van der Waals surface area (Å²) in [5.74, 6) is 0.430. The second-order valence-electron chi connectivity index (χ2n) is 8.60. The van der Waals surface area contributed by atoms with E-state index in [9.17, 15) is 9.18 Å². The van der Waals surface area contributed by atoms with Crippen LogP contribution in [-0.4, -0.2) is 64.8 Å². The van der Waals surface area contributed by atoms with Gasteiger partial charge in [0.1, 0.15) is 17.6 Å². The largest absolute Gasteiger partial charge is 0.377 e. The van der Waals surface area contributed by atoms with Gasteiger partial charge in [-0.1, -0.05) is 6.07 Å². The zero-order valence-corrected chi connectivity index (χ0v) is 18.6. The van der Waals surface area contributed by atoms with Crippen molar-refractivity contribution in [1.29, 1.82) is 0 Å². The Morgan fingerprint density at radius 1 is 1.38 bits per heavy atom. The van der Waals surface area contributed by atoms with Crippen molar-refractivity contribution in [3.8, 4) is 11.4 Å². The van der Waals surface area contributed by atoms with Crippen molar-refractivity contribution in [2.75, 3.05) is 32.1 Å². The van der Waals surface area contributed by atoms with E-state index >= 15 is 0 Å². The van der Waals surface area contributed by atoms with E-state index in [1.807, 2.05) is 36.4 Å². The molecule has 0 unspecified atom stereocenters. The number of carbonyl (C=O) groups is 1. The fourth-order valence-electron chi connectivity index (χ4n) is 3.59. The lowest BCUT2D eigenvalue weighted by Crippen LogP contribution is -2.46. The Morgan fingerprint density at radius 2 is 2.22 bits per heavy atom. The molecule has 3 aromatic rings.